The second-order valence-electron chi connectivity index (χ2n) is 9.12. The molecule has 2 aromatic rings. The molecule has 4 aliphatic rings. The molecule has 3 amide bonds. The van der Waals surface area contributed by atoms with E-state index in [2.05, 4.69) is 12.2 Å². The van der Waals surface area contributed by atoms with E-state index in [0.29, 0.717) is 17.2 Å². The predicted octanol–water partition coefficient (Wildman–Crippen LogP) is 2.97. The number of rotatable bonds is 5. The highest BCUT2D eigenvalue weighted by molar-refractivity contribution is 6.15. The van der Waals surface area contributed by atoms with Crippen molar-refractivity contribution in [3.05, 3.63) is 66.2 Å². The van der Waals surface area contributed by atoms with Crippen LogP contribution in [-0.4, -0.2) is 42.9 Å². The van der Waals surface area contributed by atoms with Gasteiger partial charge in [0, 0.05) is 11.8 Å². The summed E-state index contributed by atoms with van der Waals surface area (Å²) in [5.74, 6) is 0.111. The molecule has 168 valence electrons. The molecule has 6 atom stereocenters. The number of anilines is 1. The molecule has 0 radical (unpaired) electrons. The number of amides is 3. The summed E-state index contributed by atoms with van der Waals surface area (Å²) in [6.45, 7) is 0. The third kappa shape index (κ3) is 2.71. The number of carbonyl (C=O) groups excluding carboxylic acids is 3. The van der Waals surface area contributed by atoms with Gasteiger partial charge in [-0.1, -0.05) is 30.4 Å². The number of methoxy groups -OCH3 is 2. The maximum Gasteiger partial charge on any atom is 0.253 e. The van der Waals surface area contributed by atoms with Crippen molar-refractivity contribution >= 4 is 23.4 Å². The molecule has 0 N–H and O–H groups in total. The van der Waals surface area contributed by atoms with Crippen LogP contribution in [0.15, 0.2) is 60.7 Å². The van der Waals surface area contributed by atoms with Gasteiger partial charge in [0.2, 0.25) is 11.8 Å². The SMILES string of the molecule is COc1cccc(C2C(N3C(=O)C4C5C=CC(C5)C4C3=O)C(=O)N2c2cccc(OC)c2)c1. The third-order valence-corrected chi connectivity index (χ3v) is 7.62. The maximum atomic E-state index is 13.6. The largest absolute Gasteiger partial charge is 0.497 e. The summed E-state index contributed by atoms with van der Waals surface area (Å²) >= 11 is 0. The van der Waals surface area contributed by atoms with Crippen LogP contribution in [0.1, 0.15) is 18.0 Å². The monoisotopic (exact) mass is 444 g/mol. The minimum absolute atomic E-state index is 0.0985. The maximum absolute atomic E-state index is 13.6. The average Bonchev–Trinajstić information content (AvgIpc) is 3.52. The van der Waals surface area contributed by atoms with E-state index >= 15 is 0 Å². The molecule has 0 spiro atoms. The Balaban J connectivity index is 1.41. The number of imide groups is 1. The van der Waals surface area contributed by atoms with E-state index in [1.807, 2.05) is 42.5 Å². The van der Waals surface area contributed by atoms with Crippen LogP contribution in [0.2, 0.25) is 0 Å². The van der Waals surface area contributed by atoms with Gasteiger partial charge in [0.05, 0.1) is 32.1 Å². The smallest absolute Gasteiger partial charge is 0.253 e. The first kappa shape index (κ1) is 20.0. The van der Waals surface area contributed by atoms with Gasteiger partial charge >= 0.3 is 0 Å². The molecule has 33 heavy (non-hydrogen) atoms. The van der Waals surface area contributed by atoms with Crippen LogP contribution in [0.3, 0.4) is 0 Å². The van der Waals surface area contributed by atoms with Gasteiger partial charge in [0.15, 0.2) is 0 Å². The lowest BCUT2D eigenvalue weighted by Crippen LogP contribution is -2.67. The van der Waals surface area contributed by atoms with E-state index in [-0.39, 0.29) is 41.4 Å². The molecule has 7 heteroatoms. The topological polar surface area (TPSA) is 76.2 Å². The summed E-state index contributed by atoms with van der Waals surface area (Å²) < 4.78 is 10.7. The second-order valence-corrected chi connectivity index (χ2v) is 9.12. The number of β-lactam (4-membered cyclic amide) rings is 1. The average molecular weight is 444 g/mol. The normalized spacial score (nSPS) is 31.8. The number of likely N-dealkylation sites (tertiary alicyclic amines) is 1. The minimum Gasteiger partial charge on any atom is -0.497 e. The van der Waals surface area contributed by atoms with Gasteiger partial charge in [0.25, 0.3) is 5.91 Å². The Bertz CT molecular complexity index is 1180. The Hall–Kier alpha value is -3.61. The first-order valence-corrected chi connectivity index (χ1v) is 11.2. The minimum atomic E-state index is -0.867. The van der Waals surface area contributed by atoms with Crippen molar-refractivity contribution < 1.29 is 23.9 Å². The van der Waals surface area contributed by atoms with Crippen LogP contribution in [0.5, 0.6) is 11.5 Å². The number of hydrogen-bond acceptors (Lipinski definition) is 5. The van der Waals surface area contributed by atoms with E-state index in [1.54, 1.807) is 25.2 Å². The standard InChI is InChI=1S/C26H24N2O5/c1-32-18-7-3-5-16(12-18)22-23(26(31)27(22)17-6-4-8-19(13-17)33-2)28-24(29)20-14-9-10-15(11-14)21(20)25(28)30/h3-10,12-15,20-23H,11H2,1-2H3. The van der Waals surface area contributed by atoms with Crippen molar-refractivity contribution in [1.82, 2.24) is 4.90 Å². The number of hydrogen-bond donors (Lipinski definition) is 0. The number of nitrogens with zero attached hydrogens (tertiary/aromatic N) is 2. The molecule has 2 heterocycles. The van der Waals surface area contributed by atoms with Gasteiger partial charge in [-0.05, 0) is 48.1 Å². The summed E-state index contributed by atoms with van der Waals surface area (Å²) in [5, 5.41) is 0. The summed E-state index contributed by atoms with van der Waals surface area (Å²) in [4.78, 5) is 43.4. The van der Waals surface area contributed by atoms with Crippen LogP contribution in [0, 0.1) is 23.7 Å². The number of carbonyl (C=O) groups is 3. The molecule has 2 bridgehead atoms. The van der Waals surface area contributed by atoms with E-state index in [4.69, 9.17) is 9.47 Å². The number of benzene rings is 2. The van der Waals surface area contributed by atoms with E-state index in [9.17, 15) is 14.4 Å². The molecule has 0 aromatic heterocycles. The van der Waals surface area contributed by atoms with Crippen LogP contribution >= 0.6 is 0 Å². The number of fused-ring (bicyclic) bond motifs is 5. The number of allylic oxidation sites excluding steroid dienone is 2. The fraction of sp³-hybridized carbons (Fsp3) is 0.346. The van der Waals surface area contributed by atoms with Crippen molar-refractivity contribution in [1.29, 1.82) is 0 Å². The first-order chi connectivity index (χ1) is 16.0. The Kier molecular flexibility index (Phi) is 4.37. The highest BCUT2D eigenvalue weighted by Crippen LogP contribution is 2.55. The zero-order valence-electron chi connectivity index (χ0n) is 18.4. The molecular formula is C26H24N2O5. The first-order valence-electron chi connectivity index (χ1n) is 11.2. The van der Waals surface area contributed by atoms with E-state index < -0.39 is 12.1 Å². The zero-order valence-corrected chi connectivity index (χ0v) is 18.4. The third-order valence-electron chi connectivity index (χ3n) is 7.62. The molecule has 2 saturated heterocycles. The highest BCUT2D eigenvalue weighted by atomic mass is 16.5. The van der Waals surface area contributed by atoms with E-state index in [0.717, 1.165) is 12.0 Å². The summed E-state index contributed by atoms with van der Waals surface area (Å²) in [6.07, 6.45) is 4.98. The van der Waals surface area contributed by atoms with Gasteiger partial charge in [-0.25, -0.2) is 0 Å². The lowest BCUT2D eigenvalue weighted by molar-refractivity contribution is -0.153. The van der Waals surface area contributed by atoms with Crippen LogP contribution in [0.4, 0.5) is 5.69 Å². The molecular weight excluding hydrogens is 420 g/mol. The second kappa shape index (κ2) is 7.20. The van der Waals surface area contributed by atoms with Crippen molar-refractivity contribution in [3.63, 3.8) is 0 Å². The highest BCUT2D eigenvalue weighted by Gasteiger charge is 2.65. The van der Waals surface area contributed by atoms with Crippen LogP contribution in [-0.2, 0) is 14.4 Å². The fourth-order valence-corrected chi connectivity index (χ4v) is 6.13. The molecule has 3 fully saturated rings. The van der Waals surface area contributed by atoms with Crippen LogP contribution in [0.25, 0.3) is 0 Å². The predicted molar refractivity (Wildman–Crippen MR) is 120 cm³/mol. The van der Waals surface area contributed by atoms with Gasteiger partial charge in [0.1, 0.15) is 17.5 Å². The molecule has 1 saturated carbocycles. The zero-order chi connectivity index (χ0) is 22.9. The van der Waals surface area contributed by atoms with Crippen LogP contribution < -0.4 is 14.4 Å². The van der Waals surface area contributed by atoms with Gasteiger partial charge in [-0.2, -0.15) is 0 Å². The van der Waals surface area contributed by atoms with Crippen molar-refractivity contribution in [2.75, 3.05) is 19.1 Å². The van der Waals surface area contributed by atoms with Crippen molar-refractivity contribution in [3.8, 4) is 11.5 Å². The van der Waals surface area contributed by atoms with Crippen molar-refractivity contribution in [2.45, 2.75) is 18.5 Å². The Morgan fingerprint density at radius 2 is 1.33 bits per heavy atom. The molecule has 2 aromatic carbocycles. The Morgan fingerprint density at radius 1 is 0.727 bits per heavy atom. The molecule has 2 aliphatic heterocycles. The fourth-order valence-electron chi connectivity index (χ4n) is 6.13. The summed E-state index contributed by atoms with van der Waals surface area (Å²) in [5.41, 5.74) is 1.46. The molecule has 2 aliphatic carbocycles. The number of ether oxygens (including phenoxy) is 2. The summed E-state index contributed by atoms with van der Waals surface area (Å²) in [6, 6.07) is 13.3. The lowest BCUT2D eigenvalue weighted by Gasteiger charge is -2.50. The molecule has 7 nitrogen and oxygen atoms in total. The molecule has 6 rings (SSSR count). The lowest BCUT2D eigenvalue weighted by atomic mass is 9.85. The van der Waals surface area contributed by atoms with Gasteiger partial charge in [-0.15, -0.1) is 0 Å². The van der Waals surface area contributed by atoms with E-state index in [1.165, 1.54) is 4.90 Å². The summed E-state index contributed by atoms with van der Waals surface area (Å²) in [7, 11) is 3.15. The Morgan fingerprint density at radius 3 is 1.97 bits per heavy atom. The van der Waals surface area contributed by atoms with Gasteiger partial charge < -0.3 is 14.4 Å². The molecule has 6 unspecified atom stereocenters. The Labute approximate surface area is 191 Å². The van der Waals surface area contributed by atoms with Crippen molar-refractivity contribution in [2.24, 2.45) is 23.7 Å². The van der Waals surface area contributed by atoms with Gasteiger partial charge in [-0.3, -0.25) is 19.3 Å². The quantitative estimate of drug-likeness (QED) is 0.403.